The SMILES string of the molecule is Cn1cc(CN2CC[C@@H]3[C@@H]2CCN3CC2CC2)cn1. The summed E-state index contributed by atoms with van der Waals surface area (Å²) in [6.45, 7) is 5.06. The van der Waals surface area contributed by atoms with E-state index in [-0.39, 0.29) is 0 Å². The van der Waals surface area contributed by atoms with Gasteiger partial charge in [0.1, 0.15) is 0 Å². The van der Waals surface area contributed by atoms with Crippen molar-refractivity contribution in [2.45, 2.75) is 44.3 Å². The van der Waals surface area contributed by atoms with Crippen LogP contribution in [0.25, 0.3) is 0 Å². The van der Waals surface area contributed by atoms with E-state index in [2.05, 4.69) is 21.1 Å². The molecule has 19 heavy (non-hydrogen) atoms. The van der Waals surface area contributed by atoms with Gasteiger partial charge in [-0.05, 0) is 31.6 Å². The molecule has 3 fully saturated rings. The van der Waals surface area contributed by atoms with Crippen molar-refractivity contribution in [1.82, 2.24) is 19.6 Å². The highest BCUT2D eigenvalue weighted by Crippen LogP contribution is 2.37. The van der Waals surface area contributed by atoms with Gasteiger partial charge in [-0.25, -0.2) is 0 Å². The molecule has 0 amide bonds. The summed E-state index contributed by atoms with van der Waals surface area (Å²) in [4.78, 5) is 5.47. The van der Waals surface area contributed by atoms with Gasteiger partial charge in [-0.15, -0.1) is 0 Å². The molecule has 3 heterocycles. The second kappa shape index (κ2) is 4.60. The molecule has 0 unspecified atom stereocenters. The van der Waals surface area contributed by atoms with E-state index < -0.39 is 0 Å². The van der Waals surface area contributed by atoms with Gasteiger partial charge in [0, 0.05) is 57.1 Å². The molecule has 2 atom stereocenters. The van der Waals surface area contributed by atoms with Crippen molar-refractivity contribution in [1.29, 1.82) is 0 Å². The zero-order valence-electron chi connectivity index (χ0n) is 11.8. The number of hydrogen-bond acceptors (Lipinski definition) is 3. The normalized spacial score (nSPS) is 32.1. The third-order valence-electron chi connectivity index (χ3n) is 5.14. The highest BCUT2D eigenvalue weighted by molar-refractivity contribution is 5.07. The first kappa shape index (κ1) is 11.9. The van der Waals surface area contributed by atoms with Crippen LogP contribution in [0.1, 0.15) is 31.2 Å². The van der Waals surface area contributed by atoms with Gasteiger partial charge in [0.15, 0.2) is 0 Å². The molecule has 1 aromatic heterocycles. The zero-order chi connectivity index (χ0) is 12.8. The highest BCUT2D eigenvalue weighted by atomic mass is 15.3. The van der Waals surface area contributed by atoms with Crippen molar-refractivity contribution in [2.75, 3.05) is 19.6 Å². The minimum absolute atomic E-state index is 0.805. The third-order valence-corrected chi connectivity index (χ3v) is 5.14. The second-order valence-electron chi connectivity index (χ2n) is 6.64. The van der Waals surface area contributed by atoms with Gasteiger partial charge in [-0.1, -0.05) is 0 Å². The largest absolute Gasteiger partial charge is 0.298 e. The number of likely N-dealkylation sites (tertiary alicyclic amines) is 2. The first-order valence-corrected chi connectivity index (χ1v) is 7.75. The summed E-state index contributed by atoms with van der Waals surface area (Å²) < 4.78 is 1.91. The van der Waals surface area contributed by atoms with Crippen LogP contribution in [0.5, 0.6) is 0 Å². The summed E-state index contributed by atoms with van der Waals surface area (Å²) in [5.74, 6) is 1.03. The van der Waals surface area contributed by atoms with Crippen LogP contribution in [-0.2, 0) is 13.6 Å². The lowest BCUT2D eigenvalue weighted by molar-refractivity contribution is 0.212. The molecule has 3 aliphatic rings. The van der Waals surface area contributed by atoms with Crippen LogP contribution in [0, 0.1) is 5.92 Å². The maximum Gasteiger partial charge on any atom is 0.0534 e. The molecule has 1 saturated carbocycles. The Balaban J connectivity index is 1.40. The van der Waals surface area contributed by atoms with E-state index in [1.165, 1.54) is 50.9 Å². The van der Waals surface area contributed by atoms with Crippen molar-refractivity contribution in [2.24, 2.45) is 13.0 Å². The predicted molar refractivity (Wildman–Crippen MR) is 74.7 cm³/mol. The quantitative estimate of drug-likeness (QED) is 0.819. The second-order valence-corrected chi connectivity index (χ2v) is 6.64. The van der Waals surface area contributed by atoms with E-state index in [1.54, 1.807) is 0 Å². The molecule has 104 valence electrons. The lowest BCUT2D eigenvalue weighted by Crippen LogP contribution is -2.37. The van der Waals surface area contributed by atoms with Crippen LogP contribution in [-0.4, -0.2) is 51.3 Å². The van der Waals surface area contributed by atoms with Crippen LogP contribution in [0.2, 0.25) is 0 Å². The van der Waals surface area contributed by atoms with Crippen LogP contribution in [0.3, 0.4) is 0 Å². The fraction of sp³-hybridized carbons (Fsp3) is 0.800. The zero-order valence-corrected chi connectivity index (χ0v) is 11.8. The Hall–Kier alpha value is -0.870. The average Bonchev–Trinajstić information content (AvgIpc) is 2.80. The number of hydrogen-bond donors (Lipinski definition) is 0. The molecule has 4 rings (SSSR count). The fourth-order valence-corrected chi connectivity index (χ4v) is 4.01. The molecule has 0 radical (unpaired) electrons. The van der Waals surface area contributed by atoms with Crippen LogP contribution < -0.4 is 0 Å². The van der Waals surface area contributed by atoms with Crippen molar-refractivity contribution >= 4 is 0 Å². The number of fused-ring (bicyclic) bond motifs is 1. The first-order valence-electron chi connectivity index (χ1n) is 7.75. The Kier molecular flexibility index (Phi) is 2.88. The minimum Gasteiger partial charge on any atom is -0.298 e. The van der Waals surface area contributed by atoms with E-state index in [0.717, 1.165) is 24.5 Å². The molecule has 0 bridgehead atoms. The Morgan fingerprint density at radius 1 is 1.11 bits per heavy atom. The van der Waals surface area contributed by atoms with Gasteiger partial charge in [0.05, 0.1) is 6.20 Å². The van der Waals surface area contributed by atoms with Crippen LogP contribution in [0.4, 0.5) is 0 Å². The molecule has 4 heteroatoms. The molecular weight excluding hydrogens is 236 g/mol. The highest BCUT2D eigenvalue weighted by Gasteiger charge is 2.43. The first-order chi connectivity index (χ1) is 9.29. The predicted octanol–water partition coefficient (Wildman–Crippen LogP) is 1.48. The summed E-state index contributed by atoms with van der Waals surface area (Å²) in [6.07, 6.45) is 9.88. The Morgan fingerprint density at radius 2 is 1.84 bits per heavy atom. The lowest BCUT2D eigenvalue weighted by Gasteiger charge is -2.25. The molecule has 1 aromatic rings. The van der Waals surface area contributed by atoms with Crippen molar-refractivity contribution < 1.29 is 0 Å². The van der Waals surface area contributed by atoms with Crippen LogP contribution >= 0.6 is 0 Å². The summed E-state index contributed by atoms with van der Waals surface area (Å²) in [6, 6.07) is 1.65. The standard InChI is InChI=1S/C15H24N4/c1-17-9-13(8-16-17)11-19-7-5-14-15(19)4-6-18(14)10-12-2-3-12/h8-9,12,14-15H,2-7,10-11H2,1H3/t14-,15+/m1/s1. The molecule has 0 spiro atoms. The topological polar surface area (TPSA) is 24.3 Å². The van der Waals surface area contributed by atoms with Gasteiger partial charge in [0.25, 0.3) is 0 Å². The van der Waals surface area contributed by atoms with E-state index in [1.807, 2.05) is 17.9 Å². The Morgan fingerprint density at radius 3 is 2.53 bits per heavy atom. The van der Waals surface area contributed by atoms with Gasteiger partial charge in [0.2, 0.25) is 0 Å². The maximum absolute atomic E-state index is 4.29. The maximum atomic E-state index is 4.29. The van der Waals surface area contributed by atoms with E-state index >= 15 is 0 Å². The van der Waals surface area contributed by atoms with Crippen molar-refractivity contribution in [3.8, 4) is 0 Å². The fourth-order valence-electron chi connectivity index (χ4n) is 4.01. The van der Waals surface area contributed by atoms with Gasteiger partial charge < -0.3 is 0 Å². The lowest BCUT2D eigenvalue weighted by atomic mass is 10.1. The summed E-state index contributed by atoms with van der Waals surface area (Å²) in [5, 5.41) is 4.29. The number of nitrogens with zero attached hydrogens (tertiary/aromatic N) is 4. The monoisotopic (exact) mass is 260 g/mol. The van der Waals surface area contributed by atoms with Gasteiger partial charge >= 0.3 is 0 Å². The van der Waals surface area contributed by atoms with Crippen molar-refractivity contribution in [3.05, 3.63) is 18.0 Å². The van der Waals surface area contributed by atoms with E-state index in [0.29, 0.717) is 0 Å². The van der Waals surface area contributed by atoms with Gasteiger partial charge in [-0.2, -0.15) is 5.10 Å². The summed E-state index contributed by atoms with van der Waals surface area (Å²) in [5.41, 5.74) is 1.36. The van der Waals surface area contributed by atoms with Gasteiger partial charge in [-0.3, -0.25) is 14.5 Å². The third kappa shape index (κ3) is 2.32. The summed E-state index contributed by atoms with van der Waals surface area (Å²) >= 11 is 0. The molecule has 4 nitrogen and oxygen atoms in total. The Bertz CT molecular complexity index is 451. The molecule has 0 aromatic carbocycles. The average molecular weight is 260 g/mol. The van der Waals surface area contributed by atoms with Crippen LogP contribution in [0.15, 0.2) is 12.4 Å². The number of rotatable bonds is 4. The molecule has 0 N–H and O–H groups in total. The molecular formula is C15H24N4. The number of aromatic nitrogens is 2. The van der Waals surface area contributed by atoms with E-state index in [4.69, 9.17) is 0 Å². The Labute approximate surface area is 115 Å². The molecule has 2 aliphatic heterocycles. The summed E-state index contributed by atoms with van der Waals surface area (Å²) in [7, 11) is 2.00. The number of aryl methyl sites for hydroxylation is 1. The van der Waals surface area contributed by atoms with Crippen molar-refractivity contribution in [3.63, 3.8) is 0 Å². The smallest absolute Gasteiger partial charge is 0.0534 e. The minimum atomic E-state index is 0.805. The molecule has 1 aliphatic carbocycles. The molecule has 2 saturated heterocycles. The van der Waals surface area contributed by atoms with E-state index in [9.17, 15) is 0 Å².